The van der Waals surface area contributed by atoms with E-state index in [0.29, 0.717) is 30.5 Å². The van der Waals surface area contributed by atoms with Gasteiger partial charge in [0.15, 0.2) is 5.82 Å². The Bertz CT molecular complexity index is 567. The molecule has 2 rings (SSSR count). The fourth-order valence-electron chi connectivity index (χ4n) is 1.51. The van der Waals surface area contributed by atoms with Crippen LogP contribution in [0.4, 0.5) is 0 Å². The summed E-state index contributed by atoms with van der Waals surface area (Å²) in [4.78, 5) is 22.3. The summed E-state index contributed by atoms with van der Waals surface area (Å²) in [6, 6.07) is 0. The van der Waals surface area contributed by atoms with Gasteiger partial charge in [-0.1, -0.05) is 16.9 Å². The Morgan fingerprint density at radius 1 is 1.53 bits per heavy atom. The van der Waals surface area contributed by atoms with E-state index >= 15 is 0 Å². The monoisotopic (exact) mass is 298 g/mol. The molecule has 0 fully saturated rings. The molecule has 0 N–H and O–H groups in total. The molecule has 102 valence electrons. The maximum Gasteiger partial charge on any atom is 0.273 e. The molecule has 0 aliphatic rings. The topological polar surface area (TPSA) is 72.1 Å². The van der Waals surface area contributed by atoms with E-state index < -0.39 is 0 Å². The van der Waals surface area contributed by atoms with Gasteiger partial charge in [0, 0.05) is 11.9 Å². The molecular formula is C11H14N4O2S2. The van der Waals surface area contributed by atoms with E-state index in [1.807, 2.05) is 13.2 Å². The van der Waals surface area contributed by atoms with Crippen LogP contribution in [0, 0.1) is 6.92 Å². The average Bonchev–Trinajstić information content (AvgIpc) is 3.04. The van der Waals surface area contributed by atoms with Gasteiger partial charge in [-0.25, -0.2) is 4.98 Å². The van der Waals surface area contributed by atoms with Gasteiger partial charge < -0.3 is 9.42 Å². The van der Waals surface area contributed by atoms with Crippen molar-refractivity contribution in [2.75, 3.05) is 12.8 Å². The van der Waals surface area contributed by atoms with Crippen LogP contribution < -0.4 is 0 Å². The summed E-state index contributed by atoms with van der Waals surface area (Å²) in [6.45, 7) is 4.52. The highest BCUT2D eigenvalue weighted by Crippen LogP contribution is 2.21. The van der Waals surface area contributed by atoms with Crippen molar-refractivity contribution in [2.45, 2.75) is 24.7 Å². The number of nitrogens with zero attached hydrogens (tertiary/aromatic N) is 4. The summed E-state index contributed by atoms with van der Waals surface area (Å²) in [6.07, 6.45) is 1.94. The smallest absolute Gasteiger partial charge is 0.273 e. The summed E-state index contributed by atoms with van der Waals surface area (Å²) in [7, 11) is 0. The molecule has 1 amide bonds. The second kappa shape index (κ2) is 6.16. The Hall–Kier alpha value is -1.41. The molecule has 2 aromatic rings. The van der Waals surface area contributed by atoms with E-state index in [4.69, 9.17) is 4.52 Å². The number of thioether (sulfide) groups is 1. The Morgan fingerprint density at radius 2 is 2.32 bits per heavy atom. The van der Waals surface area contributed by atoms with Gasteiger partial charge in [0.25, 0.3) is 5.91 Å². The number of thiazole rings is 1. The molecule has 0 unspecified atom stereocenters. The second-order valence-electron chi connectivity index (χ2n) is 3.76. The molecule has 19 heavy (non-hydrogen) atoms. The Kier molecular flexibility index (Phi) is 4.54. The third-order valence-corrected chi connectivity index (χ3v) is 4.30. The summed E-state index contributed by atoms with van der Waals surface area (Å²) in [5.41, 5.74) is 0.465. The molecule has 0 bridgehead atoms. The molecule has 0 aromatic carbocycles. The maximum absolute atomic E-state index is 12.3. The molecule has 2 aromatic heterocycles. The van der Waals surface area contributed by atoms with Crippen LogP contribution in [0.3, 0.4) is 0 Å². The van der Waals surface area contributed by atoms with Crippen LogP contribution in [0.15, 0.2) is 14.2 Å². The van der Waals surface area contributed by atoms with Gasteiger partial charge in [-0.3, -0.25) is 4.79 Å². The molecule has 0 spiro atoms. The van der Waals surface area contributed by atoms with Gasteiger partial charge in [0.2, 0.25) is 5.89 Å². The minimum Gasteiger partial charge on any atom is -0.337 e. The minimum absolute atomic E-state index is 0.116. The third kappa shape index (κ3) is 3.32. The summed E-state index contributed by atoms with van der Waals surface area (Å²) >= 11 is 3.00. The first kappa shape index (κ1) is 14.0. The van der Waals surface area contributed by atoms with Crippen LogP contribution in [0.2, 0.25) is 0 Å². The van der Waals surface area contributed by atoms with Crippen molar-refractivity contribution < 1.29 is 9.32 Å². The van der Waals surface area contributed by atoms with Crippen LogP contribution in [0.1, 0.15) is 29.1 Å². The number of amides is 1. The van der Waals surface area contributed by atoms with Crippen molar-refractivity contribution in [1.29, 1.82) is 0 Å². The summed E-state index contributed by atoms with van der Waals surface area (Å²) in [5.74, 6) is 0.889. The van der Waals surface area contributed by atoms with Gasteiger partial charge in [-0.05, 0) is 20.1 Å². The molecule has 0 aliphatic heterocycles. The second-order valence-corrected chi connectivity index (χ2v) is 5.67. The number of aromatic nitrogens is 3. The predicted molar refractivity (Wildman–Crippen MR) is 73.3 cm³/mol. The van der Waals surface area contributed by atoms with Crippen molar-refractivity contribution in [1.82, 2.24) is 20.0 Å². The lowest BCUT2D eigenvalue weighted by Crippen LogP contribution is -2.30. The Morgan fingerprint density at radius 3 is 2.84 bits per heavy atom. The van der Waals surface area contributed by atoms with Gasteiger partial charge in [-0.15, -0.1) is 11.3 Å². The Balaban J connectivity index is 2.10. The molecule has 0 aliphatic carbocycles. The zero-order valence-corrected chi connectivity index (χ0v) is 12.5. The first-order valence-electron chi connectivity index (χ1n) is 5.72. The lowest BCUT2D eigenvalue weighted by atomic mass is 10.4. The molecule has 0 atom stereocenters. The fraction of sp³-hybridized carbons (Fsp3) is 0.455. The number of carbonyl (C=O) groups excluding carboxylic acids is 1. The molecule has 8 heteroatoms. The predicted octanol–water partition coefficient (Wildman–Crippen LogP) is 2.22. The summed E-state index contributed by atoms with van der Waals surface area (Å²) in [5, 5.41) is 5.49. The van der Waals surface area contributed by atoms with Gasteiger partial charge in [-0.2, -0.15) is 4.98 Å². The number of rotatable bonds is 5. The van der Waals surface area contributed by atoms with Gasteiger partial charge >= 0.3 is 0 Å². The van der Waals surface area contributed by atoms with Crippen molar-refractivity contribution in [2.24, 2.45) is 0 Å². The normalized spacial score (nSPS) is 10.7. The van der Waals surface area contributed by atoms with E-state index in [9.17, 15) is 4.79 Å². The van der Waals surface area contributed by atoms with Crippen molar-refractivity contribution in [3.63, 3.8) is 0 Å². The zero-order chi connectivity index (χ0) is 13.8. The molecular weight excluding hydrogens is 284 g/mol. The number of hydrogen-bond donors (Lipinski definition) is 0. The van der Waals surface area contributed by atoms with Crippen LogP contribution in [-0.2, 0) is 6.54 Å². The Labute approximate surface area is 119 Å². The summed E-state index contributed by atoms with van der Waals surface area (Å²) < 4.78 is 5.91. The third-order valence-electron chi connectivity index (χ3n) is 2.44. The quantitative estimate of drug-likeness (QED) is 0.788. The van der Waals surface area contributed by atoms with Crippen LogP contribution in [-0.4, -0.2) is 38.7 Å². The molecule has 2 heterocycles. The van der Waals surface area contributed by atoms with E-state index in [-0.39, 0.29) is 5.91 Å². The maximum atomic E-state index is 12.3. The van der Waals surface area contributed by atoms with Crippen molar-refractivity contribution in [3.8, 4) is 0 Å². The van der Waals surface area contributed by atoms with Crippen LogP contribution >= 0.6 is 23.1 Å². The standard InChI is InChI=1S/C11H14N4O2S2/c1-4-15(5-9-12-7(2)14-17-9)10(16)8-6-19-11(13-8)18-3/h6H,4-5H2,1-3H3. The lowest BCUT2D eigenvalue weighted by molar-refractivity contribution is 0.0729. The highest BCUT2D eigenvalue weighted by atomic mass is 32.2. The number of aryl methyl sites for hydroxylation is 1. The highest BCUT2D eigenvalue weighted by molar-refractivity contribution is 8.00. The number of carbonyl (C=O) groups is 1. The van der Waals surface area contributed by atoms with Crippen molar-refractivity contribution in [3.05, 3.63) is 22.8 Å². The largest absolute Gasteiger partial charge is 0.337 e. The average molecular weight is 298 g/mol. The molecule has 6 nitrogen and oxygen atoms in total. The molecule has 0 saturated heterocycles. The minimum atomic E-state index is -0.116. The van der Waals surface area contributed by atoms with E-state index in [2.05, 4.69) is 15.1 Å². The van der Waals surface area contributed by atoms with E-state index in [1.165, 1.54) is 23.1 Å². The van der Waals surface area contributed by atoms with Crippen LogP contribution in [0.25, 0.3) is 0 Å². The SMILES string of the molecule is CCN(Cc1nc(C)no1)C(=O)c1csc(SC)n1. The van der Waals surface area contributed by atoms with Gasteiger partial charge in [0.1, 0.15) is 16.6 Å². The highest BCUT2D eigenvalue weighted by Gasteiger charge is 2.19. The first-order valence-corrected chi connectivity index (χ1v) is 7.82. The zero-order valence-electron chi connectivity index (χ0n) is 10.9. The lowest BCUT2D eigenvalue weighted by Gasteiger charge is -2.17. The fourth-order valence-corrected chi connectivity index (χ4v) is 2.74. The van der Waals surface area contributed by atoms with Gasteiger partial charge in [0.05, 0.1) is 0 Å². The molecule has 0 saturated carbocycles. The number of hydrogen-bond acceptors (Lipinski definition) is 7. The van der Waals surface area contributed by atoms with E-state index in [0.717, 1.165) is 4.34 Å². The van der Waals surface area contributed by atoms with E-state index in [1.54, 1.807) is 17.2 Å². The van der Waals surface area contributed by atoms with Crippen molar-refractivity contribution >= 4 is 29.0 Å². The molecule has 0 radical (unpaired) electrons. The first-order chi connectivity index (χ1) is 9.13. The van der Waals surface area contributed by atoms with Crippen LogP contribution in [0.5, 0.6) is 0 Å².